The Hall–Kier alpha value is -1.35. The van der Waals surface area contributed by atoms with Crippen LogP contribution < -0.4 is 4.74 Å². The minimum atomic E-state index is 0.126. The molecule has 0 N–H and O–H groups in total. The molecule has 0 radical (unpaired) electrons. The van der Waals surface area contributed by atoms with Gasteiger partial charge in [-0.2, -0.15) is 0 Å². The van der Waals surface area contributed by atoms with Crippen molar-refractivity contribution in [1.29, 1.82) is 0 Å². The summed E-state index contributed by atoms with van der Waals surface area (Å²) in [4.78, 5) is 13.8. The zero-order valence-corrected chi connectivity index (χ0v) is 9.49. The highest BCUT2D eigenvalue weighted by atomic mass is 16.5. The molecule has 0 saturated carbocycles. The smallest absolute Gasteiger partial charge is 0.167 e. The van der Waals surface area contributed by atoms with Crippen molar-refractivity contribution in [3.8, 4) is 5.75 Å². The summed E-state index contributed by atoms with van der Waals surface area (Å²) in [5, 5.41) is 0. The van der Waals surface area contributed by atoms with Crippen LogP contribution in [-0.4, -0.2) is 38.4 Å². The maximum Gasteiger partial charge on any atom is 0.167 e. The van der Waals surface area contributed by atoms with Crippen molar-refractivity contribution in [2.45, 2.75) is 6.42 Å². The molecular weight excluding hydrogens is 190 g/mol. The fourth-order valence-electron chi connectivity index (χ4n) is 1.33. The highest BCUT2D eigenvalue weighted by Gasteiger charge is 2.10. The van der Waals surface area contributed by atoms with E-state index in [9.17, 15) is 4.79 Å². The van der Waals surface area contributed by atoms with Crippen LogP contribution in [0.3, 0.4) is 0 Å². The van der Waals surface area contributed by atoms with Crippen molar-refractivity contribution in [1.82, 2.24) is 4.90 Å². The first-order chi connectivity index (χ1) is 7.15. The van der Waals surface area contributed by atoms with E-state index < -0.39 is 0 Å². The Morgan fingerprint density at radius 3 is 2.60 bits per heavy atom. The quantitative estimate of drug-likeness (QED) is 0.690. The molecular formula is C12H17NO2. The molecule has 15 heavy (non-hydrogen) atoms. The predicted octanol–water partition coefficient (Wildman–Crippen LogP) is 1.83. The molecule has 1 rings (SSSR count). The van der Waals surface area contributed by atoms with Crippen molar-refractivity contribution in [2.75, 3.05) is 27.7 Å². The van der Waals surface area contributed by atoms with E-state index in [1.807, 2.05) is 37.2 Å². The molecule has 82 valence electrons. The van der Waals surface area contributed by atoms with Crippen LogP contribution >= 0.6 is 0 Å². The molecule has 1 aromatic rings. The van der Waals surface area contributed by atoms with E-state index in [2.05, 4.69) is 0 Å². The van der Waals surface area contributed by atoms with Crippen LogP contribution in [0.1, 0.15) is 16.8 Å². The summed E-state index contributed by atoms with van der Waals surface area (Å²) in [6.45, 7) is 0.761. The third-order valence-corrected chi connectivity index (χ3v) is 2.19. The van der Waals surface area contributed by atoms with Crippen LogP contribution in [0.4, 0.5) is 0 Å². The second-order valence-electron chi connectivity index (χ2n) is 3.68. The van der Waals surface area contributed by atoms with Gasteiger partial charge in [0.25, 0.3) is 0 Å². The van der Waals surface area contributed by atoms with Crippen LogP contribution in [0.2, 0.25) is 0 Å². The standard InChI is InChI=1S/C12H17NO2/c1-13(2)9-8-11(14)10-6-4-5-7-12(10)15-3/h4-7H,8-9H2,1-3H3. The number of para-hydroxylation sites is 1. The number of nitrogens with zero attached hydrogens (tertiary/aromatic N) is 1. The number of ether oxygens (including phenoxy) is 1. The van der Waals surface area contributed by atoms with Gasteiger partial charge in [-0.1, -0.05) is 12.1 Å². The number of hydrogen-bond donors (Lipinski definition) is 0. The van der Waals surface area contributed by atoms with Crippen molar-refractivity contribution in [2.24, 2.45) is 0 Å². The Bertz CT molecular complexity index is 334. The van der Waals surface area contributed by atoms with Crippen molar-refractivity contribution in [3.05, 3.63) is 29.8 Å². The van der Waals surface area contributed by atoms with Crippen LogP contribution in [0.15, 0.2) is 24.3 Å². The second kappa shape index (κ2) is 5.51. The first-order valence-electron chi connectivity index (χ1n) is 4.96. The summed E-state index contributed by atoms with van der Waals surface area (Å²) in [5.74, 6) is 0.780. The summed E-state index contributed by atoms with van der Waals surface area (Å²) in [6.07, 6.45) is 0.521. The molecule has 0 saturated heterocycles. The summed E-state index contributed by atoms with van der Waals surface area (Å²) in [5.41, 5.74) is 0.668. The van der Waals surface area contributed by atoms with Gasteiger partial charge in [-0.05, 0) is 26.2 Å². The zero-order valence-electron chi connectivity index (χ0n) is 9.49. The van der Waals surface area contributed by atoms with Crippen molar-refractivity contribution < 1.29 is 9.53 Å². The van der Waals surface area contributed by atoms with Gasteiger partial charge in [-0.25, -0.2) is 0 Å². The minimum Gasteiger partial charge on any atom is -0.496 e. The number of hydrogen-bond acceptors (Lipinski definition) is 3. The number of ketones is 1. The summed E-state index contributed by atoms with van der Waals surface area (Å²) in [6, 6.07) is 7.33. The Morgan fingerprint density at radius 1 is 1.33 bits per heavy atom. The van der Waals surface area contributed by atoms with Gasteiger partial charge < -0.3 is 9.64 Å². The van der Waals surface area contributed by atoms with Crippen LogP contribution in [0, 0.1) is 0 Å². The topological polar surface area (TPSA) is 29.5 Å². The maximum absolute atomic E-state index is 11.8. The van der Waals surface area contributed by atoms with Gasteiger partial charge >= 0.3 is 0 Å². The molecule has 0 bridgehead atoms. The van der Waals surface area contributed by atoms with Gasteiger partial charge in [-0.15, -0.1) is 0 Å². The van der Waals surface area contributed by atoms with Gasteiger partial charge in [-0.3, -0.25) is 4.79 Å². The number of methoxy groups -OCH3 is 1. The summed E-state index contributed by atoms with van der Waals surface area (Å²) >= 11 is 0. The summed E-state index contributed by atoms with van der Waals surface area (Å²) < 4.78 is 5.14. The first kappa shape index (κ1) is 11.7. The van der Waals surface area contributed by atoms with E-state index in [0.717, 1.165) is 6.54 Å². The SMILES string of the molecule is COc1ccccc1C(=O)CCN(C)C. The normalized spacial score (nSPS) is 10.4. The molecule has 1 aromatic carbocycles. The lowest BCUT2D eigenvalue weighted by molar-refractivity contribution is 0.0969. The molecule has 0 heterocycles. The third-order valence-electron chi connectivity index (χ3n) is 2.19. The molecule has 0 aliphatic carbocycles. The molecule has 0 amide bonds. The molecule has 0 aliphatic rings. The lowest BCUT2D eigenvalue weighted by Crippen LogP contribution is -2.17. The number of benzene rings is 1. The molecule has 3 nitrogen and oxygen atoms in total. The molecule has 3 heteroatoms. The maximum atomic E-state index is 11.8. The van der Waals surface area contributed by atoms with E-state index in [1.165, 1.54) is 0 Å². The molecule has 0 atom stereocenters. The Kier molecular flexibility index (Phi) is 4.31. The van der Waals surface area contributed by atoms with E-state index in [0.29, 0.717) is 17.7 Å². The highest BCUT2D eigenvalue weighted by Crippen LogP contribution is 2.18. The molecule has 0 aliphatic heterocycles. The largest absolute Gasteiger partial charge is 0.496 e. The molecule has 0 fully saturated rings. The monoisotopic (exact) mass is 207 g/mol. The number of carbonyl (C=O) groups is 1. The first-order valence-corrected chi connectivity index (χ1v) is 4.96. The van der Waals surface area contributed by atoms with Gasteiger partial charge in [0.05, 0.1) is 12.7 Å². The minimum absolute atomic E-state index is 0.126. The number of carbonyl (C=O) groups excluding carboxylic acids is 1. The van der Waals surface area contributed by atoms with Crippen molar-refractivity contribution in [3.63, 3.8) is 0 Å². The zero-order chi connectivity index (χ0) is 11.3. The van der Waals surface area contributed by atoms with E-state index in [-0.39, 0.29) is 5.78 Å². The fraction of sp³-hybridized carbons (Fsp3) is 0.417. The van der Waals surface area contributed by atoms with E-state index >= 15 is 0 Å². The second-order valence-corrected chi connectivity index (χ2v) is 3.68. The Morgan fingerprint density at radius 2 is 2.00 bits per heavy atom. The number of Topliss-reactive ketones (excluding diaryl/α,β-unsaturated/α-hetero) is 1. The number of rotatable bonds is 5. The van der Waals surface area contributed by atoms with Crippen LogP contribution in [-0.2, 0) is 0 Å². The average Bonchev–Trinajstić information content (AvgIpc) is 2.25. The molecule has 0 spiro atoms. The van der Waals surface area contributed by atoms with Gasteiger partial charge in [0.1, 0.15) is 5.75 Å². The Balaban J connectivity index is 2.72. The molecule has 0 aromatic heterocycles. The summed E-state index contributed by atoms with van der Waals surface area (Å²) in [7, 11) is 5.49. The highest BCUT2D eigenvalue weighted by molar-refractivity contribution is 5.98. The fourth-order valence-corrected chi connectivity index (χ4v) is 1.33. The van der Waals surface area contributed by atoms with Crippen LogP contribution in [0.25, 0.3) is 0 Å². The van der Waals surface area contributed by atoms with Gasteiger partial charge in [0.2, 0.25) is 0 Å². The predicted molar refractivity (Wildman–Crippen MR) is 60.5 cm³/mol. The van der Waals surface area contributed by atoms with E-state index in [4.69, 9.17) is 4.74 Å². The third kappa shape index (κ3) is 3.36. The lowest BCUT2D eigenvalue weighted by atomic mass is 10.1. The van der Waals surface area contributed by atoms with Gasteiger partial charge in [0, 0.05) is 13.0 Å². The molecule has 0 unspecified atom stereocenters. The van der Waals surface area contributed by atoms with Crippen molar-refractivity contribution >= 4 is 5.78 Å². The lowest BCUT2D eigenvalue weighted by Gasteiger charge is -2.10. The average molecular weight is 207 g/mol. The van der Waals surface area contributed by atoms with E-state index in [1.54, 1.807) is 13.2 Å². The Labute approximate surface area is 90.7 Å². The van der Waals surface area contributed by atoms with Gasteiger partial charge in [0.15, 0.2) is 5.78 Å². The van der Waals surface area contributed by atoms with Crippen LogP contribution in [0.5, 0.6) is 5.75 Å².